The van der Waals surface area contributed by atoms with Crippen molar-refractivity contribution >= 4 is 17.0 Å². The summed E-state index contributed by atoms with van der Waals surface area (Å²) in [4.78, 5) is 17.4. The molecule has 1 fully saturated rings. The number of carbonyl (C=O) groups excluding carboxylic acids is 1. The van der Waals surface area contributed by atoms with Gasteiger partial charge >= 0.3 is 6.09 Å². The highest BCUT2D eigenvalue weighted by atomic mass is 16.7. The van der Waals surface area contributed by atoms with Crippen molar-refractivity contribution in [2.45, 2.75) is 57.8 Å². The molecule has 6 nitrogen and oxygen atoms in total. The van der Waals surface area contributed by atoms with E-state index in [9.17, 15) is 4.79 Å². The molecule has 0 spiro atoms. The summed E-state index contributed by atoms with van der Waals surface area (Å²) in [5, 5.41) is 1.01. The van der Waals surface area contributed by atoms with Crippen LogP contribution in [0.1, 0.15) is 57.2 Å². The summed E-state index contributed by atoms with van der Waals surface area (Å²) in [7, 11) is 0. The van der Waals surface area contributed by atoms with Crippen molar-refractivity contribution in [2.24, 2.45) is 0 Å². The fourth-order valence-corrected chi connectivity index (χ4v) is 4.03. The van der Waals surface area contributed by atoms with Crippen molar-refractivity contribution < 1.29 is 19.0 Å². The summed E-state index contributed by atoms with van der Waals surface area (Å²) >= 11 is 0. The molecule has 1 aromatic carbocycles. The number of nitrogens with zero attached hydrogens (tertiary/aromatic N) is 2. The highest BCUT2D eigenvalue weighted by Gasteiger charge is 2.28. The maximum Gasteiger partial charge on any atom is 0.419 e. The Morgan fingerprint density at radius 1 is 1.16 bits per heavy atom. The first-order chi connectivity index (χ1) is 14.9. The molecule has 1 saturated heterocycles. The van der Waals surface area contributed by atoms with E-state index < -0.39 is 5.60 Å². The van der Waals surface area contributed by atoms with E-state index in [1.54, 1.807) is 17.0 Å². The molecule has 0 unspecified atom stereocenters. The maximum absolute atomic E-state index is 13.3. The highest BCUT2D eigenvalue weighted by molar-refractivity contribution is 5.91. The molecule has 4 rings (SSSR count). The second kappa shape index (κ2) is 9.20. The number of carbonyl (C=O) groups is 1. The maximum atomic E-state index is 13.3. The van der Waals surface area contributed by atoms with E-state index in [1.807, 2.05) is 57.2 Å². The van der Waals surface area contributed by atoms with Crippen LogP contribution in [-0.4, -0.2) is 40.7 Å². The Morgan fingerprint density at radius 2 is 1.87 bits per heavy atom. The molecular formula is C25H30N2O4. The summed E-state index contributed by atoms with van der Waals surface area (Å²) < 4.78 is 19.0. The van der Waals surface area contributed by atoms with Crippen LogP contribution in [0.3, 0.4) is 0 Å². The largest absolute Gasteiger partial charge is 0.443 e. The zero-order valence-electron chi connectivity index (χ0n) is 18.4. The molecular weight excluding hydrogens is 392 g/mol. The number of pyridine rings is 1. The zero-order valence-corrected chi connectivity index (χ0v) is 18.4. The van der Waals surface area contributed by atoms with E-state index in [0.717, 1.165) is 54.6 Å². The number of fused-ring (bicyclic) bond motifs is 1. The van der Waals surface area contributed by atoms with Crippen molar-refractivity contribution in [1.29, 1.82) is 0 Å². The molecule has 0 bridgehead atoms. The molecule has 1 atom stereocenters. The number of rotatable bonds is 5. The van der Waals surface area contributed by atoms with Crippen LogP contribution in [0.2, 0.25) is 0 Å². The Bertz CT molecular complexity index is 1020. The fourth-order valence-electron chi connectivity index (χ4n) is 4.03. The lowest BCUT2D eigenvalue weighted by Gasteiger charge is -2.26. The van der Waals surface area contributed by atoms with Crippen LogP contribution in [0.25, 0.3) is 10.9 Å². The molecule has 1 aliphatic heterocycles. The third-order valence-corrected chi connectivity index (χ3v) is 5.37. The summed E-state index contributed by atoms with van der Waals surface area (Å²) in [6, 6.07) is 14.0. The third-order valence-electron chi connectivity index (χ3n) is 5.37. The average Bonchev–Trinajstić information content (AvgIpc) is 3.13. The fraction of sp³-hybridized carbons (Fsp3) is 0.440. The number of aromatic nitrogens is 2. The van der Waals surface area contributed by atoms with Gasteiger partial charge in [-0.05, 0) is 69.9 Å². The van der Waals surface area contributed by atoms with Gasteiger partial charge in [0, 0.05) is 29.4 Å². The molecule has 3 aromatic rings. The smallest absolute Gasteiger partial charge is 0.419 e. The van der Waals surface area contributed by atoms with Gasteiger partial charge in [-0.15, -0.1) is 0 Å². The first-order valence-corrected chi connectivity index (χ1v) is 10.9. The van der Waals surface area contributed by atoms with E-state index in [0.29, 0.717) is 0 Å². The molecule has 0 N–H and O–H groups in total. The standard InChI is InChI=1S/C25H30N2O4/c1-25(2,3)31-24(28)27-21-8-5-4-7-19(21)17-22(27)20(18-11-13-26-14-12-18)9-10-23-29-15-6-16-30-23/h4-5,7-8,11-14,17,20,23H,6,9-10,15-16H2,1-3H3/t20-/m0/s1. The molecule has 31 heavy (non-hydrogen) atoms. The molecule has 1 aliphatic rings. The van der Waals surface area contributed by atoms with Gasteiger partial charge in [0.25, 0.3) is 0 Å². The predicted molar refractivity (Wildman–Crippen MR) is 119 cm³/mol. The van der Waals surface area contributed by atoms with Gasteiger partial charge in [0.2, 0.25) is 0 Å². The van der Waals surface area contributed by atoms with Gasteiger partial charge in [-0.1, -0.05) is 18.2 Å². The Morgan fingerprint density at radius 3 is 2.58 bits per heavy atom. The summed E-state index contributed by atoms with van der Waals surface area (Å²) in [6.07, 6.45) is 5.44. The Hall–Kier alpha value is -2.70. The van der Waals surface area contributed by atoms with Crippen LogP contribution in [0.5, 0.6) is 0 Å². The first kappa shape index (κ1) is 21.5. The molecule has 6 heteroatoms. The normalized spacial score (nSPS) is 16.4. The molecule has 2 aromatic heterocycles. The second-order valence-corrected chi connectivity index (χ2v) is 8.88. The number of ether oxygens (including phenoxy) is 3. The predicted octanol–water partition coefficient (Wildman–Crippen LogP) is 5.49. The number of benzene rings is 1. The third kappa shape index (κ3) is 5.14. The van der Waals surface area contributed by atoms with Crippen LogP contribution in [-0.2, 0) is 14.2 Å². The van der Waals surface area contributed by atoms with Crippen molar-refractivity contribution in [3.63, 3.8) is 0 Å². The van der Waals surface area contributed by atoms with Crippen LogP contribution in [0.4, 0.5) is 4.79 Å². The van der Waals surface area contributed by atoms with Gasteiger partial charge in [0.1, 0.15) is 5.60 Å². The number of hydrogen-bond donors (Lipinski definition) is 0. The van der Waals surface area contributed by atoms with Crippen molar-refractivity contribution in [2.75, 3.05) is 13.2 Å². The van der Waals surface area contributed by atoms with Crippen molar-refractivity contribution in [3.8, 4) is 0 Å². The first-order valence-electron chi connectivity index (χ1n) is 10.9. The zero-order chi connectivity index (χ0) is 21.8. The van der Waals surface area contributed by atoms with Crippen LogP contribution in [0, 0.1) is 0 Å². The van der Waals surface area contributed by atoms with E-state index >= 15 is 0 Å². The van der Waals surface area contributed by atoms with E-state index in [-0.39, 0.29) is 18.3 Å². The quantitative estimate of drug-likeness (QED) is 0.544. The van der Waals surface area contributed by atoms with E-state index in [2.05, 4.69) is 11.1 Å². The molecule has 164 valence electrons. The van der Waals surface area contributed by atoms with Crippen molar-refractivity contribution in [1.82, 2.24) is 9.55 Å². The molecule has 0 amide bonds. The van der Waals surface area contributed by atoms with Gasteiger partial charge < -0.3 is 14.2 Å². The van der Waals surface area contributed by atoms with E-state index in [4.69, 9.17) is 14.2 Å². The van der Waals surface area contributed by atoms with Crippen molar-refractivity contribution in [3.05, 3.63) is 66.1 Å². The molecule has 0 saturated carbocycles. The highest BCUT2D eigenvalue weighted by Crippen LogP contribution is 2.35. The monoisotopic (exact) mass is 422 g/mol. The van der Waals surface area contributed by atoms with Crippen LogP contribution >= 0.6 is 0 Å². The Kier molecular flexibility index (Phi) is 6.39. The lowest BCUT2D eigenvalue weighted by atomic mass is 9.91. The number of hydrogen-bond acceptors (Lipinski definition) is 5. The lowest BCUT2D eigenvalue weighted by molar-refractivity contribution is -0.181. The summed E-state index contributed by atoms with van der Waals surface area (Å²) in [5.41, 5.74) is 2.25. The summed E-state index contributed by atoms with van der Waals surface area (Å²) in [5.74, 6) is -0.0305. The lowest BCUT2D eigenvalue weighted by Crippen LogP contribution is -2.29. The minimum atomic E-state index is -0.588. The minimum Gasteiger partial charge on any atom is -0.443 e. The summed E-state index contributed by atoms with van der Waals surface area (Å²) in [6.45, 7) is 7.10. The minimum absolute atomic E-state index is 0.0305. The number of para-hydroxylation sites is 1. The van der Waals surface area contributed by atoms with Gasteiger partial charge in [0.05, 0.1) is 18.7 Å². The molecule has 0 aliphatic carbocycles. The van der Waals surface area contributed by atoms with Gasteiger partial charge in [-0.3, -0.25) is 4.98 Å². The topological polar surface area (TPSA) is 62.6 Å². The molecule has 0 radical (unpaired) electrons. The second-order valence-electron chi connectivity index (χ2n) is 8.88. The Labute approximate surface area is 183 Å². The average molecular weight is 423 g/mol. The van der Waals surface area contributed by atoms with E-state index in [1.165, 1.54) is 0 Å². The van der Waals surface area contributed by atoms with Gasteiger partial charge in [0.15, 0.2) is 6.29 Å². The SMILES string of the molecule is CC(C)(C)OC(=O)n1c([C@@H](CCC2OCCCO2)c2ccncc2)cc2ccccc21. The van der Waals surface area contributed by atoms with Crippen LogP contribution in [0.15, 0.2) is 54.9 Å². The molecule has 3 heterocycles. The van der Waals surface area contributed by atoms with Gasteiger partial charge in [-0.2, -0.15) is 0 Å². The van der Waals surface area contributed by atoms with Gasteiger partial charge in [-0.25, -0.2) is 9.36 Å². The van der Waals surface area contributed by atoms with Crippen LogP contribution < -0.4 is 0 Å². The Balaban J connectivity index is 1.75.